The van der Waals surface area contributed by atoms with Gasteiger partial charge in [0.15, 0.2) is 37.7 Å². The minimum atomic E-state index is -2.30. The van der Waals surface area contributed by atoms with Crippen LogP contribution in [0.15, 0.2) is 0 Å². The van der Waals surface area contributed by atoms with Gasteiger partial charge in [-0.05, 0) is 12.8 Å². The van der Waals surface area contributed by atoms with Gasteiger partial charge in [0.25, 0.3) is 0 Å². The van der Waals surface area contributed by atoms with Crippen LogP contribution in [0, 0.1) is 0 Å². The van der Waals surface area contributed by atoms with E-state index in [1.54, 1.807) is 0 Å². The van der Waals surface area contributed by atoms with Crippen LogP contribution in [-0.4, -0.2) is 362 Å². The molecule has 0 aromatic heterocycles. The first-order valence-corrected chi connectivity index (χ1v) is 41.4. The maximum absolute atomic E-state index is 13.7. The molecule has 0 unspecified atom stereocenters. The highest BCUT2D eigenvalue weighted by molar-refractivity contribution is 5.80. The highest BCUT2D eigenvalue weighted by atomic mass is 16.8. The molecule has 0 aromatic carbocycles. The summed E-state index contributed by atoms with van der Waals surface area (Å²) in [6, 6.07) is -1.43. The standard InChI is InChI=1S/C76H141NO34/c1-3-5-7-9-11-13-15-16-17-18-19-20-21-22-23-24-25-27-29-31-33-35-45(83)70(99)77-43(52(88)44(82)34-32-30-28-26-14-12-10-8-6-4-2)40-100-71-59(95)56(92)54(90)51(104-71)42-102-75-67(53(89)49(87)41-101-75)109-74-62(98)66(55(91)50(39-81)103-74)108-76-69(111-73-61(97)58(94)64(106-73)47(85)37-79)68(65(107-76)48(86)38-80)110-72-60(96)57(93)63(105-72)46(84)36-78/h43-69,71-76,78-98H,3-42H2,1-2H3,(H,77,99)/t43-,44+,45+,46-,47+,48-,49-,50+,51+,52-,53-,54+,55-,56-,57+,58+,59+,60+,61+,62+,63-,64-,65-,66-,67+,68-,69+,71+,72+,73+,74+,75+,76-/m0/s1. The molecule has 111 heavy (non-hydrogen) atoms. The molecule has 35 nitrogen and oxygen atoms in total. The van der Waals surface area contributed by atoms with E-state index in [0.29, 0.717) is 12.8 Å². The zero-order chi connectivity index (χ0) is 81.1. The maximum Gasteiger partial charge on any atom is 0.249 e. The third-order valence-electron chi connectivity index (χ3n) is 22.2. The van der Waals surface area contributed by atoms with E-state index in [1.807, 2.05) is 0 Å². The van der Waals surface area contributed by atoms with E-state index in [9.17, 15) is 112 Å². The Balaban J connectivity index is 1.08. The quantitative estimate of drug-likeness (QED) is 0.0294. The fraction of sp³-hybridized carbons (Fsp3) is 0.987. The lowest BCUT2D eigenvalue weighted by atomic mass is 9.98. The minimum absolute atomic E-state index is 0.109. The highest BCUT2D eigenvalue weighted by Gasteiger charge is 2.60. The average molecular weight is 1610 g/mol. The van der Waals surface area contributed by atoms with Crippen molar-refractivity contribution in [3.63, 3.8) is 0 Å². The first-order chi connectivity index (χ1) is 53.4. The lowest BCUT2D eigenvalue weighted by Gasteiger charge is -2.46. The summed E-state index contributed by atoms with van der Waals surface area (Å²) in [7, 11) is 0. The second-order valence-corrected chi connectivity index (χ2v) is 31.2. The number of aliphatic hydroxyl groups excluding tert-OH is 21. The van der Waals surface area contributed by atoms with Gasteiger partial charge < -0.3 is 169 Å². The number of hydrogen-bond donors (Lipinski definition) is 22. The van der Waals surface area contributed by atoms with Gasteiger partial charge in [0.05, 0.1) is 58.4 Å². The number of amides is 1. The lowest BCUT2D eigenvalue weighted by Crippen LogP contribution is -2.64. The molecule has 0 saturated carbocycles. The molecule has 6 heterocycles. The Labute approximate surface area is 652 Å². The number of hydrogen-bond acceptors (Lipinski definition) is 34. The van der Waals surface area contributed by atoms with E-state index < -0.39 is 255 Å². The van der Waals surface area contributed by atoms with Crippen molar-refractivity contribution >= 4 is 5.91 Å². The molecule has 6 aliphatic heterocycles. The molecule has 0 aliphatic carbocycles. The Morgan fingerprint density at radius 2 is 0.766 bits per heavy atom. The molecule has 33 atom stereocenters. The molecule has 6 saturated heterocycles. The first-order valence-electron chi connectivity index (χ1n) is 41.4. The van der Waals surface area contributed by atoms with Gasteiger partial charge in [0, 0.05) is 0 Å². The van der Waals surface area contributed by atoms with Gasteiger partial charge in [-0.2, -0.15) is 0 Å². The number of rotatable bonds is 58. The van der Waals surface area contributed by atoms with Crippen LogP contribution in [0.4, 0.5) is 0 Å². The number of nitrogens with one attached hydrogen (secondary N) is 1. The summed E-state index contributed by atoms with van der Waals surface area (Å²) in [5.41, 5.74) is 0. The van der Waals surface area contributed by atoms with Crippen LogP contribution in [0.2, 0.25) is 0 Å². The van der Waals surface area contributed by atoms with Gasteiger partial charge in [-0.15, -0.1) is 0 Å². The molecule has 35 heteroatoms. The molecule has 22 N–H and O–H groups in total. The summed E-state index contributed by atoms with van der Waals surface area (Å²) in [5.74, 6) is -0.857. The lowest BCUT2D eigenvalue weighted by molar-refractivity contribution is -0.374. The molecular formula is C76H141NO34. The van der Waals surface area contributed by atoms with E-state index in [4.69, 9.17) is 56.8 Å². The molecular weight excluding hydrogens is 1470 g/mol. The highest BCUT2D eigenvalue weighted by Crippen LogP contribution is 2.40. The van der Waals surface area contributed by atoms with Crippen LogP contribution in [0.3, 0.4) is 0 Å². The van der Waals surface area contributed by atoms with Crippen molar-refractivity contribution in [2.24, 2.45) is 0 Å². The number of unbranched alkanes of at least 4 members (excludes halogenated alkanes) is 29. The van der Waals surface area contributed by atoms with E-state index in [1.165, 1.54) is 116 Å². The third-order valence-corrected chi connectivity index (χ3v) is 22.2. The van der Waals surface area contributed by atoms with Crippen LogP contribution >= 0.6 is 0 Å². The monoisotopic (exact) mass is 1610 g/mol. The molecule has 1 amide bonds. The predicted octanol–water partition coefficient (Wildman–Crippen LogP) is -1.96. The van der Waals surface area contributed by atoms with E-state index in [-0.39, 0.29) is 12.8 Å². The van der Waals surface area contributed by atoms with Gasteiger partial charge in [-0.3, -0.25) is 4.79 Å². The Kier molecular flexibility index (Phi) is 46.7. The van der Waals surface area contributed by atoms with Gasteiger partial charge in [0.1, 0.15) is 153 Å². The predicted molar refractivity (Wildman–Crippen MR) is 391 cm³/mol. The SMILES string of the molecule is CCCCCCCCCCCCCCCCCCCCCCC[C@@H](O)C(=O)N[C@@H](CO[C@@H]1O[C@H](CO[C@H]2OC[C@H](O)[C@H](O)[C@H]2O[C@H]2O[C@H](CO)[C@H](O)[C@H](O[C@@H]3O[C@@H]([C@@H](O)CO)[C@H](O[C@H]4O[C@@H]([C@@H](O)CO)[C@H](O)[C@H]4O)[C@H]3O[C@H]3O[C@@H]([C@H](O)CO)[C@H](O)[C@H]3O)[C@H]2O)[C@@H](O)[C@H](O)[C@H]1O)[C@H](O)[C@H](O)CCCCCCCCCCCC. The van der Waals surface area contributed by atoms with E-state index in [2.05, 4.69) is 19.2 Å². The van der Waals surface area contributed by atoms with Crippen molar-refractivity contribution < 1.29 is 169 Å². The molecule has 6 aliphatic rings. The average Bonchev–Trinajstić information content (AvgIpc) is 1.64. The normalized spacial score (nSPS) is 36.0. The van der Waals surface area contributed by atoms with E-state index >= 15 is 0 Å². The summed E-state index contributed by atoms with van der Waals surface area (Å²) in [4.78, 5) is 13.7. The minimum Gasteiger partial charge on any atom is -0.394 e. The number of ether oxygens (including phenoxy) is 12. The van der Waals surface area contributed by atoms with Crippen molar-refractivity contribution in [3.8, 4) is 0 Å². The van der Waals surface area contributed by atoms with Crippen molar-refractivity contribution in [1.82, 2.24) is 5.32 Å². The van der Waals surface area contributed by atoms with Gasteiger partial charge >= 0.3 is 0 Å². The van der Waals surface area contributed by atoms with Crippen molar-refractivity contribution in [2.75, 3.05) is 46.2 Å². The molecule has 0 bridgehead atoms. The van der Waals surface area contributed by atoms with Gasteiger partial charge in [-0.1, -0.05) is 213 Å². The third kappa shape index (κ3) is 30.4. The molecule has 654 valence electrons. The fourth-order valence-corrected chi connectivity index (χ4v) is 15.1. The van der Waals surface area contributed by atoms with Crippen molar-refractivity contribution in [2.45, 2.75) is 428 Å². The molecule has 0 aromatic rings. The molecule has 0 spiro atoms. The molecule has 0 radical (unpaired) electrons. The van der Waals surface area contributed by atoms with Crippen LogP contribution in [0.25, 0.3) is 0 Å². The first kappa shape index (κ1) is 98.0. The topological polar surface area (TPSA) is 565 Å². The molecule has 6 rings (SSSR count). The fourth-order valence-electron chi connectivity index (χ4n) is 15.1. The summed E-state index contributed by atoms with van der Waals surface area (Å²) >= 11 is 0. The van der Waals surface area contributed by atoms with Crippen LogP contribution < -0.4 is 5.32 Å². The molecule has 6 fully saturated rings. The summed E-state index contributed by atoms with van der Waals surface area (Å²) < 4.78 is 70.6. The Hall–Kier alpha value is -1.85. The van der Waals surface area contributed by atoms with Crippen molar-refractivity contribution in [3.05, 3.63) is 0 Å². The zero-order valence-corrected chi connectivity index (χ0v) is 65.0. The summed E-state index contributed by atoms with van der Waals surface area (Å²) in [6.45, 7) is -1.87. The summed E-state index contributed by atoms with van der Waals surface area (Å²) in [5, 5.41) is 232. The number of carbonyl (C=O) groups is 1. The second kappa shape index (κ2) is 52.9. The van der Waals surface area contributed by atoms with Gasteiger partial charge in [-0.25, -0.2) is 0 Å². The Morgan fingerprint density at radius 3 is 1.23 bits per heavy atom. The van der Waals surface area contributed by atoms with Crippen LogP contribution in [-0.2, 0) is 61.6 Å². The zero-order valence-electron chi connectivity index (χ0n) is 65.0. The van der Waals surface area contributed by atoms with Crippen LogP contribution in [0.1, 0.15) is 226 Å². The van der Waals surface area contributed by atoms with Crippen molar-refractivity contribution in [1.29, 1.82) is 0 Å². The van der Waals surface area contributed by atoms with Crippen LogP contribution in [0.5, 0.6) is 0 Å². The van der Waals surface area contributed by atoms with Gasteiger partial charge in [0.2, 0.25) is 5.91 Å². The summed E-state index contributed by atoms with van der Waals surface area (Å²) in [6.07, 6.45) is -25.4. The maximum atomic E-state index is 13.7. The smallest absolute Gasteiger partial charge is 0.249 e. The van der Waals surface area contributed by atoms with E-state index in [0.717, 1.165) is 70.6 Å². The Morgan fingerprint density at radius 1 is 0.369 bits per heavy atom. The number of aliphatic hydroxyl groups is 21. The second-order valence-electron chi connectivity index (χ2n) is 31.2. The number of carbonyl (C=O) groups excluding carboxylic acids is 1. The largest absolute Gasteiger partial charge is 0.394 e. The Bertz CT molecular complexity index is 2410.